The topological polar surface area (TPSA) is 54.0 Å². The molecule has 0 aliphatic rings. The minimum atomic E-state index is -0.0671. The summed E-state index contributed by atoms with van der Waals surface area (Å²) in [5, 5.41) is 5.97. The molecule has 2 N–H and O–H groups in total. The average Bonchev–Trinajstić information content (AvgIpc) is 2.45. The Morgan fingerprint density at radius 2 is 1.95 bits per heavy atom. The molecule has 1 aromatic carbocycles. The quantitative estimate of drug-likeness (QED) is 0.881. The van der Waals surface area contributed by atoms with Crippen molar-refractivity contribution in [3.63, 3.8) is 0 Å². The van der Waals surface area contributed by atoms with Crippen LogP contribution in [0.4, 0.5) is 5.69 Å². The molecular weight excluding hydrogens is 238 g/mol. The van der Waals surface area contributed by atoms with Crippen molar-refractivity contribution < 1.29 is 4.79 Å². The van der Waals surface area contributed by atoms with Crippen molar-refractivity contribution in [3.8, 4) is 0 Å². The van der Waals surface area contributed by atoms with Crippen LogP contribution < -0.4 is 10.6 Å². The third kappa shape index (κ3) is 3.31. The van der Waals surface area contributed by atoms with E-state index in [0.717, 1.165) is 16.8 Å². The van der Waals surface area contributed by atoms with Crippen molar-refractivity contribution in [2.24, 2.45) is 0 Å². The van der Waals surface area contributed by atoms with Crippen LogP contribution in [0.25, 0.3) is 0 Å². The summed E-state index contributed by atoms with van der Waals surface area (Å²) in [6, 6.07) is 9.39. The molecular formula is C15H17N3O. The van der Waals surface area contributed by atoms with E-state index in [0.29, 0.717) is 12.1 Å². The fourth-order valence-electron chi connectivity index (χ4n) is 1.87. The monoisotopic (exact) mass is 255 g/mol. The molecule has 0 aliphatic carbocycles. The van der Waals surface area contributed by atoms with Crippen molar-refractivity contribution in [1.82, 2.24) is 10.3 Å². The molecule has 0 radical (unpaired) electrons. The van der Waals surface area contributed by atoms with Crippen LogP contribution in [0.1, 0.15) is 21.5 Å². The molecule has 0 fully saturated rings. The van der Waals surface area contributed by atoms with Gasteiger partial charge in [0.25, 0.3) is 5.91 Å². The maximum atomic E-state index is 12.0. The fourth-order valence-corrected chi connectivity index (χ4v) is 1.87. The number of benzene rings is 1. The van der Waals surface area contributed by atoms with Crippen molar-refractivity contribution in [3.05, 3.63) is 59.4 Å². The number of carbonyl (C=O) groups excluding carboxylic acids is 1. The van der Waals surface area contributed by atoms with Gasteiger partial charge in [0.2, 0.25) is 0 Å². The highest BCUT2D eigenvalue weighted by Gasteiger charge is 2.06. The van der Waals surface area contributed by atoms with Crippen LogP contribution in [0, 0.1) is 6.92 Å². The standard InChI is InChI=1S/C15H17N3O/c1-11-9-13(3-4-14(11)16-2)15(19)18-10-12-5-7-17-8-6-12/h3-9,16H,10H2,1-2H3,(H,18,19). The fraction of sp³-hybridized carbons (Fsp3) is 0.200. The van der Waals surface area contributed by atoms with Gasteiger partial charge in [0, 0.05) is 37.2 Å². The Balaban J connectivity index is 2.02. The minimum Gasteiger partial charge on any atom is -0.388 e. The molecule has 0 saturated carbocycles. The SMILES string of the molecule is CNc1ccc(C(=O)NCc2ccncc2)cc1C. The Kier molecular flexibility index (Phi) is 4.13. The number of hydrogen-bond acceptors (Lipinski definition) is 3. The number of aromatic nitrogens is 1. The van der Waals surface area contributed by atoms with E-state index in [1.165, 1.54) is 0 Å². The lowest BCUT2D eigenvalue weighted by molar-refractivity contribution is 0.0951. The van der Waals surface area contributed by atoms with Gasteiger partial charge in [0.05, 0.1) is 0 Å². The zero-order chi connectivity index (χ0) is 13.7. The van der Waals surface area contributed by atoms with Crippen LogP contribution in [0.3, 0.4) is 0 Å². The lowest BCUT2D eigenvalue weighted by Crippen LogP contribution is -2.22. The molecule has 4 heteroatoms. The first-order valence-electron chi connectivity index (χ1n) is 6.16. The molecule has 4 nitrogen and oxygen atoms in total. The third-order valence-corrected chi connectivity index (χ3v) is 2.96. The van der Waals surface area contributed by atoms with E-state index in [2.05, 4.69) is 15.6 Å². The number of nitrogens with one attached hydrogen (secondary N) is 2. The van der Waals surface area contributed by atoms with Gasteiger partial charge in [-0.15, -0.1) is 0 Å². The number of nitrogens with zero attached hydrogens (tertiary/aromatic N) is 1. The Hall–Kier alpha value is -2.36. The molecule has 19 heavy (non-hydrogen) atoms. The molecule has 0 atom stereocenters. The summed E-state index contributed by atoms with van der Waals surface area (Å²) < 4.78 is 0. The summed E-state index contributed by atoms with van der Waals surface area (Å²) in [5.41, 5.74) is 3.79. The highest BCUT2D eigenvalue weighted by Crippen LogP contribution is 2.15. The number of amides is 1. The van der Waals surface area contributed by atoms with Gasteiger partial charge in [0.15, 0.2) is 0 Å². The van der Waals surface area contributed by atoms with Gasteiger partial charge in [-0.2, -0.15) is 0 Å². The van der Waals surface area contributed by atoms with Gasteiger partial charge in [-0.1, -0.05) is 0 Å². The normalized spacial score (nSPS) is 10.0. The maximum absolute atomic E-state index is 12.0. The first kappa shape index (κ1) is 13.1. The van der Waals surface area contributed by atoms with E-state index in [-0.39, 0.29) is 5.91 Å². The molecule has 0 saturated heterocycles. The highest BCUT2D eigenvalue weighted by atomic mass is 16.1. The van der Waals surface area contributed by atoms with Crippen molar-refractivity contribution >= 4 is 11.6 Å². The number of hydrogen-bond donors (Lipinski definition) is 2. The second-order valence-corrected chi connectivity index (χ2v) is 4.32. The zero-order valence-electron chi connectivity index (χ0n) is 11.1. The van der Waals surface area contributed by atoms with Crippen LogP contribution in [-0.2, 0) is 6.54 Å². The number of pyridine rings is 1. The van der Waals surface area contributed by atoms with Crippen molar-refractivity contribution in [2.75, 3.05) is 12.4 Å². The predicted molar refractivity (Wildman–Crippen MR) is 76.1 cm³/mol. The molecule has 0 aliphatic heterocycles. The van der Waals surface area contributed by atoms with E-state index in [4.69, 9.17) is 0 Å². The van der Waals surface area contributed by atoms with Gasteiger partial charge in [-0.05, 0) is 48.4 Å². The largest absolute Gasteiger partial charge is 0.388 e. The molecule has 2 rings (SSSR count). The second-order valence-electron chi connectivity index (χ2n) is 4.32. The number of anilines is 1. The van der Waals surface area contributed by atoms with Crippen LogP contribution in [-0.4, -0.2) is 17.9 Å². The minimum absolute atomic E-state index is 0.0671. The summed E-state index contributed by atoms with van der Waals surface area (Å²) in [5.74, 6) is -0.0671. The molecule has 1 aromatic heterocycles. The van der Waals surface area contributed by atoms with Gasteiger partial charge >= 0.3 is 0 Å². The maximum Gasteiger partial charge on any atom is 0.251 e. The van der Waals surface area contributed by atoms with Gasteiger partial charge in [-0.3, -0.25) is 9.78 Å². The average molecular weight is 255 g/mol. The summed E-state index contributed by atoms with van der Waals surface area (Å²) in [6.07, 6.45) is 3.43. The lowest BCUT2D eigenvalue weighted by Gasteiger charge is -2.09. The smallest absolute Gasteiger partial charge is 0.251 e. The van der Waals surface area contributed by atoms with Crippen molar-refractivity contribution in [1.29, 1.82) is 0 Å². The first-order valence-corrected chi connectivity index (χ1v) is 6.16. The predicted octanol–water partition coefficient (Wildman–Crippen LogP) is 2.36. The summed E-state index contributed by atoms with van der Waals surface area (Å²) in [6.45, 7) is 2.49. The van der Waals surface area contributed by atoms with Gasteiger partial charge in [0.1, 0.15) is 0 Å². The van der Waals surface area contributed by atoms with Crippen LogP contribution in [0.2, 0.25) is 0 Å². The molecule has 0 unspecified atom stereocenters. The zero-order valence-corrected chi connectivity index (χ0v) is 11.1. The molecule has 1 heterocycles. The molecule has 2 aromatic rings. The number of rotatable bonds is 4. The van der Waals surface area contributed by atoms with E-state index >= 15 is 0 Å². The van der Waals surface area contributed by atoms with Crippen LogP contribution in [0.5, 0.6) is 0 Å². The van der Waals surface area contributed by atoms with E-state index in [1.807, 2.05) is 44.3 Å². The van der Waals surface area contributed by atoms with Gasteiger partial charge < -0.3 is 10.6 Å². The van der Waals surface area contributed by atoms with E-state index in [1.54, 1.807) is 12.4 Å². The lowest BCUT2D eigenvalue weighted by atomic mass is 10.1. The van der Waals surface area contributed by atoms with Gasteiger partial charge in [-0.25, -0.2) is 0 Å². The summed E-state index contributed by atoms with van der Waals surface area (Å²) in [7, 11) is 1.87. The Bertz CT molecular complexity index is 567. The van der Waals surface area contributed by atoms with E-state index < -0.39 is 0 Å². The third-order valence-electron chi connectivity index (χ3n) is 2.96. The van der Waals surface area contributed by atoms with Crippen LogP contribution in [0.15, 0.2) is 42.7 Å². The Morgan fingerprint density at radius 1 is 1.21 bits per heavy atom. The molecule has 0 bridgehead atoms. The summed E-state index contributed by atoms with van der Waals surface area (Å²) >= 11 is 0. The van der Waals surface area contributed by atoms with Crippen molar-refractivity contribution in [2.45, 2.75) is 13.5 Å². The molecule has 98 valence electrons. The molecule has 0 spiro atoms. The van der Waals surface area contributed by atoms with E-state index in [9.17, 15) is 4.79 Å². The highest BCUT2D eigenvalue weighted by molar-refractivity contribution is 5.94. The summed E-state index contributed by atoms with van der Waals surface area (Å²) in [4.78, 5) is 16.0. The number of aryl methyl sites for hydroxylation is 1. The second kappa shape index (κ2) is 6.00. The van der Waals surface area contributed by atoms with Crippen LogP contribution >= 0.6 is 0 Å². The Labute approximate surface area is 112 Å². The Morgan fingerprint density at radius 3 is 2.58 bits per heavy atom. The first-order chi connectivity index (χ1) is 9.20. The molecule has 1 amide bonds. The number of carbonyl (C=O) groups is 1.